The Hall–Kier alpha value is -2.68. The van der Waals surface area contributed by atoms with E-state index in [1.165, 1.54) is 36.0 Å². The van der Waals surface area contributed by atoms with Gasteiger partial charge in [-0.2, -0.15) is 0 Å². The van der Waals surface area contributed by atoms with Crippen molar-refractivity contribution >= 4 is 16.8 Å². The summed E-state index contributed by atoms with van der Waals surface area (Å²) >= 11 is 0. The van der Waals surface area contributed by atoms with Crippen molar-refractivity contribution in [2.75, 3.05) is 0 Å². The molecule has 1 aliphatic rings. The van der Waals surface area contributed by atoms with E-state index >= 15 is 0 Å². The summed E-state index contributed by atoms with van der Waals surface area (Å²) in [5.74, 6) is -0.0431. The Kier molecular flexibility index (Phi) is 3.99. The number of amides is 1. The van der Waals surface area contributed by atoms with Gasteiger partial charge in [-0.25, -0.2) is 0 Å². The van der Waals surface area contributed by atoms with Gasteiger partial charge in [0.1, 0.15) is 0 Å². The molecule has 3 aromatic rings. The average molecular weight is 316 g/mol. The second kappa shape index (κ2) is 6.44. The van der Waals surface area contributed by atoms with E-state index in [4.69, 9.17) is 0 Å². The summed E-state index contributed by atoms with van der Waals surface area (Å²) in [6.45, 7) is 0.567. The van der Waals surface area contributed by atoms with Gasteiger partial charge in [-0.1, -0.05) is 24.3 Å². The van der Waals surface area contributed by atoms with E-state index in [9.17, 15) is 4.79 Å². The number of rotatable bonds is 3. The predicted octanol–water partition coefficient (Wildman–Crippen LogP) is 4.04. The van der Waals surface area contributed by atoms with Crippen LogP contribution in [-0.2, 0) is 19.4 Å². The highest BCUT2D eigenvalue weighted by Crippen LogP contribution is 2.22. The number of carbonyl (C=O) groups is 1. The molecule has 4 rings (SSSR count). The highest BCUT2D eigenvalue weighted by molar-refractivity contribution is 5.97. The lowest BCUT2D eigenvalue weighted by atomic mass is 9.90. The molecular formula is C21H20N2O. The maximum Gasteiger partial charge on any atom is 0.251 e. The van der Waals surface area contributed by atoms with Crippen LogP contribution in [0.3, 0.4) is 0 Å². The molecule has 0 fully saturated rings. The molecule has 24 heavy (non-hydrogen) atoms. The lowest BCUT2D eigenvalue weighted by molar-refractivity contribution is 0.0951. The third-order valence-corrected chi connectivity index (χ3v) is 4.73. The first kappa shape index (κ1) is 14.9. The molecule has 0 bridgehead atoms. The molecule has 1 N–H and O–H groups in total. The minimum Gasteiger partial charge on any atom is -0.348 e. The zero-order chi connectivity index (χ0) is 16.4. The van der Waals surface area contributed by atoms with E-state index in [2.05, 4.69) is 28.5 Å². The van der Waals surface area contributed by atoms with Crippen molar-refractivity contribution in [2.24, 2.45) is 0 Å². The van der Waals surface area contributed by atoms with Crippen LogP contribution in [-0.4, -0.2) is 10.9 Å². The minimum absolute atomic E-state index is 0.0431. The predicted molar refractivity (Wildman–Crippen MR) is 96.0 cm³/mol. The maximum absolute atomic E-state index is 12.4. The molecule has 3 nitrogen and oxygen atoms in total. The van der Waals surface area contributed by atoms with Crippen LogP contribution in [0.4, 0.5) is 0 Å². The molecule has 2 aromatic carbocycles. The van der Waals surface area contributed by atoms with Crippen molar-refractivity contribution in [1.29, 1.82) is 0 Å². The fraction of sp³-hybridized carbons (Fsp3) is 0.238. The highest BCUT2D eigenvalue weighted by atomic mass is 16.1. The number of carbonyl (C=O) groups excluding carboxylic acids is 1. The molecule has 1 aromatic heterocycles. The van der Waals surface area contributed by atoms with E-state index in [0.29, 0.717) is 12.1 Å². The summed E-state index contributed by atoms with van der Waals surface area (Å²) in [6, 6.07) is 16.1. The SMILES string of the molecule is O=C(NCc1ccc2c(c1)CCCC2)c1ccc2ncccc2c1. The number of nitrogens with zero attached hydrogens (tertiary/aromatic N) is 1. The molecule has 0 unspecified atom stereocenters. The van der Waals surface area contributed by atoms with Gasteiger partial charge < -0.3 is 5.32 Å². The fourth-order valence-corrected chi connectivity index (χ4v) is 3.40. The molecule has 0 atom stereocenters. The zero-order valence-corrected chi connectivity index (χ0v) is 13.6. The van der Waals surface area contributed by atoms with Crippen molar-refractivity contribution in [3.05, 3.63) is 77.0 Å². The number of hydrogen-bond donors (Lipinski definition) is 1. The largest absolute Gasteiger partial charge is 0.348 e. The first-order valence-electron chi connectivity index (χ1n) is 8.53. The van der Waals surface area contributed by atoms with Gasteiger partial charge in [0.2, 0.25) is 0 Å². The number of aryl methyl sites for hydroxylation is 2. The quantitative estimate of drug-likeness (QED) is 0.792. The molecular weight excluding hydrogens is 296 g/mol. The van der Waals surface area contributed by atoms with Gasteiger partial charge in [0.05, 0.1) is 5.52 Å². The Morgan fingerprint density at radius 2 is 1.88 bits per heavy atom. The van der Waals surface area contributed by atoms with Crippen LogP contribution in [0, 0.1) is 0 Å². The Balaban J connectivity index is 1.47. The Bertz CT molecular complexity index is 901. The number of benzene rings is 2. The van der Waals surface area contributed by atoms with Gasteiger partial charge in [-0.05, 0) is 66.6 Å². The molecule has 1 heterocycles. The molecule has 0 saturated carbocycles. The number of aromatic nitrogens is 1. The van der Waals surface area contributed by atoms with Crippen LogP contribution in [0.2, 0.25) is 0 Å². The van der Waals surface area contributed by atoms with Crippen molar-refractivity contribution < 1.29 is 4.79 Å². The molecule has 0 spiro atoms. The molecule has 1 amide bonds. The number of pyridine rings is 1. The number of fused-ring (bicyclic) bond motifs is 2. The van der Waals surface area contributed by atoms with Crippen molar-refractivity contribution in [1.82, 2.24) is 10.3 Å². The standard InChI is InChI=1S/C21H20N2O/c24-21(19-9-10-20-18(13-19)6-3-11-22-20)23-14-15-7-8-16-4-1-2-5-17(16)12-15/h3,6-13H,1-2,4-5,14H2,(H,23,24). The van der Waals surface area contributed by atoms with Crippen molar-refractivity contribution in [3.8, 4) is 0 Å². The first-order chi connectivity index (χ1) is 11.8. The summed E-state index contributed by atoms with van der Waals surface area (Å²) in [6.07, 6.45) is 6.67. The first-order valence-corrected chi connectivity index (χ1v) is 8.53. The van der Waals surface area contributed by atoms with E-state index in [0.717, 1.165) is 17.3 Å². The summed E-state index contributed by atoms with van der Waals surface area (Å²) in [7, 11) is 0. The Morgan fingerprint density at radius 3 is 2.79 bits per heavy atom. The molecule has 0 aliphatic heterocycles. The van der Waals surface area contributed by atoms with Crippen LogP contribution >= 0.6 is 0 Å². The maximum atomic E-state index is 12.4. The van der Waals surface area contributed by atoms with E-state index in [-0.39, 0.29) is 5.91 Å². The number of nitrogens with one attached hydrogen (secondary N) is 1. The van der Waals surface area contributed by atoms with Gasteiger partial charge >= 0.3 is 0 Å². The average Bonchev–Trinajstić information content (AvgIpc) is 2.65. The van der Waals surface area contributed by atoms with E-state index < -0.39 is 0 Å². The highest BCUT2D eigenvalue weighted by Gasteiger charge is 2.11. The van der Waals surface area contributed by atoms with Crippen LogP contribution in [0.15, 0.2) is 54.7 Å². The molecule has 0 radical (unpaired) electrons. The molecule has 0 saturated heterocycles. The summed E-state index contributed by atoms with van der Waals surface area (Å²) in [5.41, 5.74) is 5.67. The Morgan fingerprint density at radius 1 is 1.00 bits per heavy atom. The van der Waals surface area contributed by atoms with Gasteiger partial charge in [0.15, 0.2) is 0 Å². The smallest absolute Gasteiger partial charge is 0.251 e. The summed E-state index contributed by atoms with van der Waals surface area (Å²) in [4.78, 5) is 16.7. The summed E-state index contributed by atoms with van der Waals surface area (Å²) in [5, 5.41) is 4.01. The van der Waals surface area contributed by atoms with Gasteiger partial charge in [0.25, 0.3) is 5.91 Å². The minimum atomic E-state index is -0.0431. The van der Waals surface area contributed by atoms with Gasteiger partial charge in [-0.3, -0.25) is 9.78 Å². The van der Waals surface area contributed by atoms with Crippen LogP contribution in [0.1, 0.15) is 39.9 Å². The zero-order valence-electron chi connectivity index (χ0n) is 13.6. The van der Waals surface area contributed by atoms with E-state index in [1.54, 1.807) is 6.20 Å². The van der Waals surface area contributed by atoms with Gasteiger partial charge in [0, 0.05) is 23.7 Å². The van der Waals surface area contributed by atoms with Crippen LogP contribution < -0.4 is 5.32 Å². The monoisotopic (exact) mass is 316 g/mol. The fourth-order valence-electron chi connectivity index (χ4n) is 3.40. The third kappa shape index (κ3) is 3.02. The normalized spacial score (nSPS) is 13.5. The third-order valence-electron chi connectivity index (χ3n) is 4.73. The molecule has 3 heteroatoms. The topological polar surface area (TPSA) is 42.0 Å². The Labute approximate surface area is 141 Å². The summed E-state index contributed by atoms with van der Waals surface area (Å²) < 4.78 is 0. The lowest BCUT2D eigenvalue weighted by Crippen LogP contribution is -2.23. The lowest BCUT2D eigenvalue weighted by Gasteiger charge is -2.16. The van der Waals surface area contributed by atoms with Crippen LogP contribution in [0.5, 0.6) is 0 Å². The van der Waals surface area contributed by atoms with Gasteiger partial charge in [-0.15, -0.1) is 0 Å². The van der Waals surface area contributed by atoms with Crippen molar-refractivity contribution in [3.63, 3.8) is 0 Å². The van der Waals surface area contributed by atoms with E-state index in [1.807, 2.05) is 30.3 Å². The molecule has 120 valence electrons. The van der Waals surface area contributed by atoms with Crippen LogP contribution in [0.25, 0.3) is 10.9 Å². The second-order valence-electron chi connectivity index (χ2n) is 6.40. The number of hydrogen-bond acceptors (Lipinski definition) is 2. The van der Waals surface area contributed by atoms with Crippen molar-refractivity contribution in [2.45, 2.75) is 32.2 Å². The second-order valence-corrected chi connectivity index (χ2v) is 6.40. The molecule has 1 aliphatic carbocycles.